The average Bonchev–Trinajstić information content (AvgIpc) is 2.79. The van der Waals surface area contributed by atoms with Crippen molar-refractivity contribution < 1.29 is 20.1 Å². The van der Waals surface area contributed by atoms with Gasteiger partial charge in [0.05, 0.1) is 5.69 Å². The summed E-state index contributed by atoms with van der Waals surface area (Å²) in [6, 6.07) is 13.0. The van der Waals surface area contributed by atoms with Crippen LogP contribution in [0.4, 0.5) is 0 Å². The molecule has 0 atom stereocenters. The third-order valence-electron chi connectivity index (χ3n) is 5.34. The third kappa shape index (κ3) is 7.54. The van der Waals surface area contributed by atoms with E-state index in [0.717, 1.165) is 45.3 Å². The number of nitrogens with zero attached hydrogens (tertiary/aromatic N) is 6. The largest absolute Gasteiger partial charge is 0.357 e. The van der Waals surface area contributed by atoms with Crippen molar-refractivity contribution in [1.82, 2.24) is 29.9 Å². The molecule has 0 amide bonds. The molecule has 7 heteroatoms. The van der Waals surface area contributed by atoms with Crippen molar-refractivity contribution in [2.75, 3.05) is 0 Å². The maximum atomic E-state index is 4.33. The second-order valence-electron chi connectivity index (χ2n) is 10.3. The topological polar surface area (TPSA) is 77.3 Å². The average molecular weight is 646 g/mol. The number of hydrogen-bond acceptors (Lipinski definition) is 6. The van der Waals surface area contributed by atoms with Gasteiger partial charge in [0, 0.05) is 59.8 Å². The van der Waals surface area contributed by atoms with Crippen LogP contribution in [-0.2, 0) is 30.9 Å². The van der Waals surface area contributed by atoms with Crippen LogP contribution in [0.25, 0.3) is 22.5 Å². The van der Waals surface area contributed by atoms with Gasteiger partial charge in [-0.25, -0.2) is 15.0 Å². The summed E-state index contributed by atoms with van der Waals surface area (Å²) in [5.74, 6) is 0. The molecule has 0 unspecified atom stereocenters. The molecule has 0 bridgehead atoms. The Morgan fingerprint density at radius 2 is 1.20 bits per heavy atom. The van der Waals surface area contributed by atoms with Gasteiger partial charge in [0.1, 0.15) is 12.7 Å². The van der Waals surface area contributed by atoms with E-state index >= 15 is 0 Å². The SMILES string of the molecule is Cc1ncc[c-]c1-c1cc(C(C)(C)C)ncn1.Cc1ncccc1-c1cc(C(C)(C)C)ncn1.[Ir]. The Hall–Kier alpha value is -2.89. The second-order valence-corrected chi connectivity index (χ2v) is 10.3. The maximum Gasteiger partial charge on any atom is 0.116 e. The molecule has 4 aromatic rings. The Morgan fingerprint density at radius 1 is 0.657 bits per heavy atom. The molecule has 0 aliphatic rings. The van der Waals surface area contributed by atoms with Crippen LogP contribution in [0.1, 0.15) is 64.3 Å². The first-order chi connectivity index (χ1) is 16.0. The van der Waals surface area contributed by atoms with Gasteiger partial charge in [0.2, 0.25) is 0 Å². The van der Waals surface area contributed by atoms with Crippen molar-refractivity contribution in [2.24, 2.45) is 0 Å². The van der Waals surface area contributed by atoms with Crippen molar-refractivity contribution in [1.29, 1.82) is 0 Å². The van der Waals surface area contributed by atoms with Crippen LogP contribution in [0.5, 0.6) is 0 Å². The Bertz CT molecular complexity index is 1160. The first kappa shape index (κ1) is 28.3. The van der Waals surface area contributed by atoms with E-state index in [1.165, 1.54) is 0 Å². The molecule has 4 rings (SSSR count). The minimum absolute atomic E-state index is 0. The molecule has 0 saturated heterocycles. The van der Waals surface area contributed by atoms with E-state index in [0.29, 0.717) is 0 Å². The molecule has 0 spiro atoms. The van der Waals surface area contributed by atoms with Crippen LogP contribution < -0.4 is 0 Å². The summed E-state index contributed by atoms with van der Waals surface area (Å²) in [5.41, 5.74) is 7.90. The van der Waals surface area contributed by atoms with Gasteiger partial charge in [-0.2, -0.15) is 0 Å². The fourth-order valence-electron chi connectivity index (χ4n) is 3.27. The van der Waals surface area contributed by atoms with Gasteiger partial charge in [-0.15, -0.1) is 17.7 Å². The Morgan fingerprint density at radius 3 is 1.74 bits per heavy atom. The summed E-state index contributed by atoms with van der Waals surface area (Å²) >= 11 is 0. The molecule has 0 aliphatic heterocycles. The minimum Gasteiger partial charge on any atom is -0.357 e. The van der Waals surface area contributed by atoms with Gasteiger partial charge >= 0.3 is 0 Å². The van der Waals surface area contributed by atoms with Crippen LogP contribution in [0.15, 0.2) is 55.4 Å². The summed E-state index contributed by atoms with van der Waals surface area (Å²) in [6.45, 7) is 16.8. The first-order valence-corrected chi connectivity index (χ1v) is 11.4. The van der Waals surface area contributed by atoms with Crippen LogP contribution in [-0.4, -0.2) is 29.9 Å². The second kappa shape index (κ2) is 11.7. The molecule has 185 valence electrons. The summed E-state index contributed by atoms with van der Waals surface area (Å²) in [5, 5.41) is 0. The summed E-state index contributed by atoms with van der Waals surface area (Å²) in [7, 11) is 0. The summed E-state index contributed by atoms with van der Waals surface area (Å²) < 4.78 is 0. The van der Waals surface area contributed by atoms with E-state index in [9.17, 15) is 0 Å². The molecule has 0 fully saturated rings. The van der Waals surface area contributed by atoms with Gasteiger partial charge < -0.3 is 4.98 Å². The van der Waals surface area contributed by atoms with E-state index < -0.39 is 0 Å². The number of rotatable bonds is 2. The smallest absolute Gasteiger partial charge is 0.116 e. The number of aromatic nitrogens is 6. The Kier molecular flexibility index (Phi) is 9.47. The van der Waals surface area contributed by atoms with E-state index in [2.05, 4.69) is 77.5 Å². The quantitative estimate of drug-likeness (QED) is 0.246. The maximum absolute atomic E-state index is 4.33. The van der Waals surface area contributed by atoms with E-state index in [-0.39, 0.29) is 30.9 Å². The molecule has 4 heterocycles. The van der Waals surface area contributed by atoms with Crippen molar-refractivity contribution >= 4 is 0 Å². The van der Waals surface area contributed by atoms with Gasteiger partial charge in [-0.3, -0.25) is 9.97 Å². The van der Waals surface area contributed by atoms with Gasteiger partial charge in [-0.1, -0.05) is 60.7 Å². The van der Waals surface area contributed by atoms with E-state index in [1.807, 2.05) is 38.1 Å². The van der Waals surface area contributed by atoms with Gasteiger partial charge in [0.25, 0.3) is 0 Å². The number of aryl methyl sites for hydroxylation is 2. The Labute approximate surface area is 222 Å². The Balaban J connectivity index is 0.000000240. The molecule has 6 nitrogen and oxygen atoms in total. The van der Waals surface area contributed by atoms with Crippen LogP contribution in [0.3, 0.4) is 0 Å². The van der Waals surface area contributed by atoms with Gasteiger partial charge in [0.15, 0.2) is 0 Å². The van der Waals surface area contributed by atoms with E-state index in [4.69, 9.17) is 0 Å². The molecule has 35 heavy (non-hydrogen) atoms. The third-order valence-corrected chi connectivity index (χ3v) is 5.34. The monoisotopic (exact) mass is 646 g/mol. The molecular formula is C28H33IrN6-. The van der Waals surface area contributed by atoms with Crippen molar-refractivity contribution in [3.05, 3.63) is 84.2 Å². The molecule has 4 aromatic heterocycles. The molecule has 0 aromatic carbocycles. The zero-order chi connectivity index (χ0) is 24.9. The van der Waals surface area contributed by atoms with Gasteiger partial charge in [-0.05, 0) is 36.5 Å². The zero-order valence-electron chi connectivity index (χ0n) is 21.7. The minimum atomic E-state index is 0. The zero-order valence-corrected chi connectivity index (χ0v) is 24.1. The number of pyridine rings is 2. The predicted octanol–water partition coefficient (Wildman–Crippen LogP) is 6.09. The van der Waals surface area contributed by atoms with Crippen molar-refractivity contribution in [2.45, 2.75) is 66.2 Å². The predicted molar refractivity (Wildman–Crippen MR) is 136 cm³/mol. The number of hydrogen-bond donors (Lipinski definition) is 0. The van der Waals surface area contributed by atoms with Crippen LogP contribution >= 0.6 is 0 Å². The first-order valence-electron chi connectivity index (χ1n) is 11.4. The van der Waals surface area contributed by atoms with E-state index in [1.54, 1.807) is 31.1 Å². The van der Waals surface area contributed by atoms with Crippen LogP contribution in [0, 0.1) is 19.9 Å². The fourth-order valence-corrected chi connectivity index (χ4v) is 3.27. The standard InChI is InChI=1S/C14H17N3.C14H16N3.Ir/c2*1-10-11(6-5-7-15-10)12-8-13(14(2,3)4)17-9-16-12;/h5-9H,1-4H3;5,7-9H,1-4H3;/q;-1;. The van der Waals surface area contributed by atoms with Crippen molar-refractivity contribution in [3.8, 4) is 22.5 Å². The summed E-state index contributed by atoms with van der Waals surface area (Å²) in [6.07, 6.45) is 6.77. The molecule has 0 N–H and O–H groups in total. The molecular weight excluding hydrogens is 613 g/mol. The molecule has 1 radical (unpaired) electrons. The van der Waals surface area contributed by atoms with Crippen LogP contribution in [0.2, 0.25) is 0 Å². The van der Waals surface area contributed by atoms with Crippen molar-refractivity contribution in [3.63, 3.8) is 0 Å². The summed E-state index contributed by atoms with van der Waals surface area (Å²) in [4.78, 5) is 25.8. The molecule has 0 aliphatic carbocycles. The fraction of sp³-hybridized carbons (Fsp3) is 0.357. The normalized spacial score (nSPS) is 11.2. The molecule has 0 saturated carbocycles.